The van der Waals surface area contributed by atoms with Crippen LogP contribution in [-0.4, -0.2) is 26.1 Å². The topological polar surface area (TPSA) is 54.5 Å². The monoisotopic (exact) mass is 341 g/mol. The molecule has 4 nitrogen and oxygen atoms in total. The fraction of sp³-hybridized carbons (Fsp3) is 0.417. The summed E-state index contributed by atoms with van der Waals surface area (Å²) in [6.07, 6.45) is -5.06. The molecule has 0 saturated carbocycles. The van der Waals surface area contributed by atoms with E-state index in [2.05, 4.69) is 0 Å². The third kappa shape index (κ3) is 3.32. The summed E-state index contributed by atoms with van der Waals surface area (Å²) in [5, 5.41) is -1.20. The van der Waals surface area contributed by atoms with Gasteiger partial charge < -0.3 is 4.90 Å². The number of alkyl halides is 3. The van der Waals surface area contributed by atoms with E-state index < -0.39 is 38.4 Å². The van der Waals surface area contributed by atoms with Gasteiger partial charge in [0.05, 0.1) is 11.3 Å². The van der Waals surface area contributed by atoms with Crippen molar-refractivity contribution in [1.82, 2.24) is 0 Å². The molecule has 1 aromatic rings. The standard InChI is InChI=1S/C12H11ClF3NO3S/c1-7-2-3-9(12(14,15)16)10(4-7)17-6-8(5-11(17)18)21(13,19)20/h2-4,8H,5-6H2,1H3. The van der Waals surface area contributed by atoms with Crippen LogP contribution in [0.15, 0.2) is 18.2 Å². The second-order valence-corrected chi connectivity index (χ2v) is 7.73. The second kappa shape index (κ2) is 5.17. The zero-order valence-electron chi connectivity index (χ0n) is 10.8. The number of hydrogen-bond donors (Lipinski definition) is 0. The van der Waals surface area contributed by atoms with Crippen molar-refractivity contribution in [3.05, 3.63) is 29.3 Å². The molecule has 1 aromatic carbocycles. The van der Waals surface area contributed by atoms with E-state index in [4.69, 9.17) is 10.7 Å². The Balaban J connectivity index is 2.48. The number of hydrogen-bond acceptors (Lipinski definition) is 3. The quantitative estimate of drug-likeness (QED) is 0.777. The molecule has 21 heavy (non-hydrogen) atoms. The van der Waals surface area contributed by atoms with Gasteiger partial charge in [-0.05, 0) is 24.6 Å². The molecule has 1 fully saturated rings. The highest BCUT2D eigenvalue weighted by Gasteiger charge is 2.42. The molecule has 9 heteroatoms. The third-order valence-corrected chi connectivity index (χ3v) is 5.11. The summed E-state index contributed by atoms with van der Waals surface area (Å²) < 4.78 is 61.6. The summed E-state index contributed by atoms with van der Waals surface area (Å²) >= 11 is 0. The molecular formula is C12H11ClF3NO3S. The van der Waals surface area contributed by atoms with Gasteiger partial charge in [-0.15, -0.1) is 0 Å². The normalized spacial score (nSPS) is 20.1. The van der Waals surface area contributed by atoms with Crippen molar-refractivity contribution in [1.29, 1.82) is 0 Å². The average molecular weight is 342 g/mol. The van der Waals surface area contributed by atoms with E-state index in [9.17, 15) is 26.4 Å². The Morgan fingerprint density at radius 3 is 2.43 bits per heavy atom. The predicted molar refractivity (Wildman–Crippen MR) is 71.7 cm³/mol. The van der Waals surface area contributed by atoms with Gasteiger partial charge >= 0.3 is 6.18 Å². The third-order valence-electron chi connectivity index (χ3n) is 3.24. The van der Waals surface area contributed by atoms with Crippen molar-refractivity contribution in [2.45, 2.75) is 24.8 Å². The van der Waals surface area contributed by atoms with Crippen LogP contribution in [0.4, 0.5) is 18.9 Å². The minimum atomic E-state index is -4.64. The Kier molecular flexibility index (Phi) is 3.96. The van der Waals surface area contributed by atoms with Gasteiger partial charge in [0.25, 0.3) is 0 Å². The first-order chi connectivity index (χ1) is 9.50. The number of halogens is 4. The average Bonchev–Trinajstić information content (AvgIpc) is 2.69. The number of rotatable bonds is 2. The summed E-state index contributed by atoms with van der Waals surface area (Å²) in [4.78, 5) is 12.7. The van der Waals surface area contributed by atoms with Gasteiger partial charge in [0.1, 0.15) is 5.25 Å². The molecule has 116 valence electrons. The molecule has 2 rings (SSSR count). The molecule has 0 aromatic heterocycles. The van der Waals surface area contributed by atoms with E-state index in [1.165, 1.54) is 12.1 Å². The first kappa shape index (κ1) is 16.1. The lowest BCUT2D eigenvalue weighted by atomic mass is 10.1. The Bertz CT molecular complexity index is 687. The molecule has 0 spiro atoms. The molecule has 1 amide bonds. The van der Waals surface area contributed by atoms with Crippen LogP contribution in [0.5, 0.6) is 0 Å². The van der Waals surface area contributed by atoms with Crippen molar-refractivity contribution >= 4 is 31.3 Å². The second-order valence-electron chi connectivity index (χ2n) is 4.82. The molecule has 1 aliphatic heterocycles. The van der Waals surface area contributed by atoms with Gasteiger partial charge in [0.15, 0.2) is 0 Å². The molecule has 1 atom stereocenters. The number of anilines is 1. The summed E-state index contributed by atoms with van der Waals surface area (Å²) in [6.45, 7) is 1.21. The van der Waals surface area contributed by atoms with Crippen molar-refractivity contribution in [3.8, 4) is 0 Å². The number of carbonyl (C=O) groups excluding carboxylic acids is 1. The lowest BCUT2D eigenvalue weighted by Crippen LogP contribution is -2.29. The maximum absolute atomic E-state index is 13.0. The summed E-state index contributed by atoms with van der Waals surface area (Å²) in [7, 11) is 1.18. The van der Waals surface area contributed by atoms with Crippen LogP contribution >= 0.6 is 10.7 Å². The highest BCUT2D eigenvalue weighted by Crippen LogP contribution is 2.39. The van der Waals surface area contributed by atoms with E-state index in [1.807, 2.05) is 0 Å². The summed E-state index contributed by atoms with van der Waals surface area (Å²) in [5.74, 6) is -0.694. The van der Waals surface area contributed by atoms with E-state index in [1.54, 1.807) is 6.92 Å². The van der Waals surface area contributed by atoms with E-state index in [-0.39, 0.29) is 12.2 Å². The van der Waals surface area contributed by atoms with Gasteiger partial charge in [-0.2, -0.15) is 13.2 Å². The molecule has 0 radical (unpaired) electrons. The maximum atomic E-state index is 13.0. The Hall–Kier alpha value is -1.28. The highest BCUT2D eigenvalue weighted by atomic mass is 35.7. The minimum absolute atomic E-state index is 0.338. The molecule has 0 bridgehead atoms. The van der Waals surface area contributed by atoms with Crippen molar-refractivity contribution in [2.24, 2.45) is 0 Å². The van der Waals surface area contributed by atoms with Crippen LogP contribution in [0.1, 0.15) is 17.5 Å². The first-order valence-corrected chi connectivity index (χ1v) is 8.29. The number of benzene rings is 1. The minimum Gasteiger partial charge on any atom is -0.310 e. The van der Waals surface area contributed by atoms with Gasteiger partial charge in [-0.25, -0.2) is 8.42 Å². The zero-order valence-corrected chi connectivity index (χ0v) is 12.4. The van der Waals surface area contributed by atoms with Gasteiger partial charge in [-0.3, -0.25) is 4.79 Å². The van der Waals surface area contributed by atoms with Crippen LogP contribution in [0.25, 0.3) is 0 Å². The highest BCUT2D eigenvalue weighted by molar-refractivity contribution is 8.14. The largest absolute Gasteiger partial charge is 0.418 e. The van der Waals surface area contributed by atoms with Crippen molar-refractivity contribution < 1.29 is 26.4 Å². The van der Waals surface area contributed by atoms with Crippen LogP contribution in [-0.2, 0) is 20.0 Å². The van der Waals surface area contributed by atoms with Crippen molar-refractivity contribution in [2.75, 3.05) is 11.4 Å². The maximum Gasteiger partial charge on any atom is 0.418 e. The lowest BCUT2D eigenvalue weighted by Gasteiger charge is -2.22. The SMILES string of the molecule is Cc1ccc(C(F)(F)F)c(N2CC(S(=O)(=O)Cl)CC2=O)c1. The van der Waals surface area contributed by atoms with Crippen LogP contribution in [0, 0.1) is 6.92 Å². The van der Waals surface area contributed by atoms with Crippen molar-refractivity contribution in [3.63, 3.8) is 0 Å². The van der Waals surface area contributed by atoms with Crippen LogP contribution in [0.3, 0.4) is 0 Å². The zero-order chi connectivity index (χ0) is 16.0. The molecular weight excluding hydrogens is 331 g/mol. The number of nitrogens with zero attached hydrogens (tertiary/aromatic N) is 1. The Morgan fingerprint density at radius 2 is 1.95 bits per heavy atom. The fourth-order valence-corrected chi connectivity index (χ4v) is 3.23. The Labute approximate surface area is 123 Å². The summed E-state index contributed by atoms with van der Waals surface area (Å²) in [6, 6.07) is 3.37. The van der Waals surface area contributed by atoms with Crippen LogP contribution in [0.2, 0.25) is 0 Å². The number of carbonyl (C=O) groups is 1. The summed E-state index contributed by atoms with van der Waals surface area (Å²) in [5.41, 5.74) is -0.785. The first-order valence-electron chi connectivity index (χ1n) is 5.92. The fourth-order valence-electron chi connectivity index (χ4n) is 2.20. The van der Waals surface area contributed by atoms with Crippen LogP contribution < -0.4 is 4.90 Å². The number of amides is 1. The molecule has 1 saturated heterocycles. The van der Waals surface area contributed by atoms with E-state index >= 15 is 0 Å². The molecule has 0 aliphatic carbocycles. The molecule has 1 unspecified atom stereocenters. The van der Waals surface area contributed by atoms with Gasteiger partial charge in [-0.1, -0.05) is 6.07 Å². The number of aryl methyl sites for hydroxylation is 1. The smallest absolute Gasteiger partial charge is 0.310 e. The predicted octanol–water partition coefficient (Wildman–Crippen LogP) is 2.69. The van der Waals surface area contributed by atoms with Gasteiger partial charge in [0.2, 0.25) is 15.0 Å². The Morgan fingerprint density at radius 1 is 1.33 bits per heavy atom. The molecule has 1 aliphatic rings. The lowest BCUT2D eigenvalue weighted by molar-refractivity contribution is -0.137. The molecule has 1 heterocycles. The van der Waals surface area contributed by atoms with Gasteiger partial charge in [0, 0.05) is 23.6 Å². The van der Waals surface area contributed by atoms with E-state index in [0.717, 1.165) is 11.0 Å². The van der Waals surface area contributed by atoms with E-state index in [0.29, 0.717) is 5.56 Å². The molecule has 0 N–H and O–H groups in total.